The number of carbonyl (C=O) groups excluding carboxylic acids is 1. The summed E-state index contributed by atoms with van der Waals surface area (Å²) in [4.78, 5) is 16.3. The van der Waals surface area contributed by atoms with Gasteiger partial charge in [-0.3, -0.25) is 9.69 Å². The highest BCUT2D eigenvalue weighted by molar-refractivity contribution is 7.20. The van der Waals surface area contributed by atoms with Crippen molar-refractivity contribution in [3.8, 4) is 0 Å². The molecule has 1 aliphatic heterocycles. The molecule has 0 aromatic carbocycles. The van der Waals surface area contributed by atoms with Crippen LogP contribution in [0.2, 0.25) is 8.67 Å². The average molecular weight is 337 g/mol. The van der Waals surface area contributed by atoms with Gasteiger partial charge >= 0.3 is 0 Å². The minimum Gasteiger partial charge on any atom is -0.392 e. The number of thiophene rings is 1. The van der Waals surface area contributed by atoms with E-state index in [2.05, 4.69) is 4.90 Å². The van der Waals surface area contributed by atoms with Crippen molar-refractivity contribution in [1.29, 1.82) is 0 Å². The number of nitrogens with zero attached hydrogens (tertiary/aromatic N) is 2. The second-order valence-electron chi connectivity index (χ2n) is 4.89. The van der Waals surface area contributed by atoms with E-state index >= 15 is 0 Å². The Morgan fingerprint density at radius 1 is 1.40 bits per heavy atom. The van der Waals surface area contributed by atoms with Crippen LogP contribution in [-0.4, -0.2) is 59.6 Å². The standard InChI is InChI=1S/C13H18Cl2N2O2S/c1-2-9(18)8-16-3-5-17(6-4-16)13(19)10-7-11(14)20-12(10)15/h7,9,18H,2-6,8H2,1H3. The van der Waals surface area contributed by atoms with Crippen molar-refractivity contribution in [2.45, 2.75) is 19.4 Å². The van der Waals surface area contributed by atoms with Crippen LogP contribution < -0.4 is 0 Å². The van der Waals surface area contributed by atoms with E-state index in [0.29, 0.717) is 33.9 Å². The second kappa shape index (κ2) is 7.09. The minimum atomic E-state index is -0.289. The van der Waals surface area contributed by atoms with Crippen LogP contribution in [0.15, 0.2) is 6.07 Å². The predicted molar refractivity (Wildman–Crippen MR) is 83.0 cm³/mol. The molecule has 1 amide bonds. The quantitative estimate of drug-likeness (QED) is 0.918. The Kier molecular flexibility index (Phi) is 5.69. The lowest BCUT2D eigenvalue weighted by Crippen LogP contribution is -2.50. The summed E-state index contributed by atoms with van der Waals surface area (Å²) in [6, 6.07) is 1.63. The number of aliphatic hydroxyl groups excluding tert-OH is 1. The molecule has 20 heavy (non-hydrogen) atoms. The van der Waals surface area contributed by atoms with Crippen LogP contribution >= 0.6 is 34.5 Å². The Morgan fingerprint density at radius 3 is 2.55 bits per heavy atom. The summed E-state index contributed by atoms with van der Waals surface area (Å²) >= 11 is 13.1. The highest BCUT2D eigenvalue weighted by Crippen LogP contribution is 2.32. The fraction of sp³-hybridized carbons (Fsp3) is 0.615. The summed E-state index contributed by atoms with van der Waals surface area (Å²) in [6.07, 6.45) is 0.463. The van der Waals surface area contributed by atoms with Crippen molar-refractivity contribution in [3.63, 3.8) is 0 Å². The molecular weight excluding hydrogens is 319 g/mol. The Morgan fingerprint density at radius 2 is 2.05 bits per heavy atom. The third-order valence-corrected chi connectivity index (χ3v) is 4.97. The van der Waals surface area contributed by atoms with Gasteiger partial charge in [0.2, 0.25) is 0 Å². The second-order valence-corrected chi connectivity index (χ2v) is 7.18. The molecule has 1 aromatic rings. The third kappa shape index (κ3) is 3.86. The van der Waals surface area contributed by atoms with Gasteiger partial charge in [-0.25, -0.2) is 0 Å². The number of hydrogen-bond donors (Lipinski definition) is 1. The topological polar surface area (TPSA) is 43.8 Å². The number of halogens is 2. The fourth-order valence-electron chi connectivity index (χ4n) is 2.22. The first-order valence-electron chi connectivity index (χ1n) is 6.65. The molecule has 1 saturated heterocycles. The van der Waals surface area contributed by atoms with E-state index in [9.17, 15) is 9.90 Å². The molecule has 1 atom stereocenters. The Balaban J connectivity index is 1.90. The van der Waals surface area contributed by atoms with Crippen LogP contribution in [0.25, 0.3) is 0 Å². The maximum absolute atomic E-state index is 12.3. The summed E-state index contributed by atoms with van der Waals surface area (Å²) in [5.41, 5.74) is 0.490. The van der Waals surface area contributed by atoms with Crippen molar-refractivity contribution in [3.05, 3.63) is 20.3 Å². The first-order valence-corrected chi connectivity index (χ1v) is 8.23. The first-order chi connectivity index (χ1) is 9.51. The monoisotopic (exact) mass is 336 g/mol. The van der Waals surface area contributed by atoms with Gasteiger partial charge in [-0.2, -0.15) is 0 Å². The van der Waals surface area contributed by atoms with Gasteiger partial charge in [-0.1, -0.05) is 30.1 Å². The number of aliphatic hydroxyl groups is 1. The van der Waals surface area contributed by atoms with E-state index in [0.717, 1.165) is 19.5 Å². The van der Waals surface area contributed by atoms with Crippen LogP contribution in [0, 0.1) is 0 Å². The molecule has 112 valence electrons. The number of carbonyl (C=O) groups is 1. The van der Waals surface area contributed by atoms with Gasteiger partial charge in [0.15, 0.2) is 0 Å². The average Bonchev–Trinajstić information content (AvgIpc) is 2.77. The maximum atomic E-state index is 12.3. The molecule has 0 bridgehead atoms. The number of rotatable bonds is 4. The molecule has 0 spiro atoms. The van der Waals surface area contributed by atoms with E-state index in [4.69, 9.17) is 23.2 Å². The molecule has 7 heteroatoms. The molecule has 2 rings (SSSR count). The molecule has 0 radical (unpaired) electrons. The van der Waals surface area contributed by atoms with Crippen LogP contribution in [0.5, 0.6) is 0 Å². The highest BCUT2D eigenvalue weighted by Gasteiger charge is 2.25. The Bertz CT molecular complexity index is 473. The van der Waals surface area contributed by atoms with Gasteiger partial charge in [0.1, 0.15) is 4.34 Å². The van der Waals surface area contributed by atoms with E-state index in [1.807, 2.05) is 6.92 Å². The van der Waals surface area contributed by atoms with E-state index in [1.165, 1.54) is 11.3 Å². The lowest BCUT2D eigenvalue weighted by atomic mass is 10.2. The van der Waals surface area contributed by atoms with Gasteiger partial charge in [0.05, 0.1) is 16.0 Å². The summed E-state index contributed by atoms with van der Waals surface area (Å²) in [5.74, 6) is -0.0613. The maximum Gasteiger partial charge on any atom is 0.256 e. The lowest BCUT2D eigenvalue weighted by molar-refractivity contribution is 0.0524. The highest BCUT2D eigenvalue weighted by atomic mass is 35.5. The van der Waals surface area contributed by atoms with Crippen LogP contribution in [0.3, 0.4) is 0 Å². The summed E-state index contributed by atoms with van der Waals surface area (Å²) in [5, 5.41) is 9.65. The largest absolute Gasteiger partial charge is 0.392 e. The van der Waals surface area contributed by atoms with Crippen LogP contribution in [0.1, 0.15) is 23.7 Å². The Hall–Kier alpha value is -0.330. The first kappa shape index (κ1) is 16.0. The summed E-state index contributed by atoms with van der Waals surface area (Å²) in [7, 11) is 0. The zero-order valence-corrected chi connectivity index (χ0v) is 13.6. The SMILES string of the molecule is CCC(O)CN1CCN(C(=O)c2cc(Cl)sc2Cl)CC1. The van der Waals surface area contributed by atoms with E-state index < -0.39 is 0 Å². The lowest BCUT2D eigenvalue weighted by Gasteiger charge is -2.35. The van der Waals surface area contributed by atoms with Crippen molar-refractivity contribution in [1.82, 2.24) is 9.80 Å². The molecule has 2 heterocycles. The fourth-order valence-corrected chi connectivity index (χ4v) is 3.67. The van der Waals surface area contributed by atoms with Gasteiger partial charge < -0.3 is 10.0 Å². The van der Waals surface area contributed by atoms with Gasteiger partial charge in [0.25, 0.3) is 5.91 Å². The molecule has 1 aromatic heterocycles. The number of β-amino-alcohol motifs (C(OH)–C–C–N with tert-alkyl or cyclic N) is 1. The molecule has 0 aliphatic carbocycles. The van der Waals surface area contributed by atoms with Crippen LogP contribution in [-0.2, 0) is 0 Å². The minimum absolute atomic E-state index is 0.0613. The Labute approximate surface area is 132 Å². The van der Waals surface area contributed by atoms with Crippen molar-refractivity contribution in [2.24, 2.45) is 0 Å². The molecule has 4 nitrogen and oxygen atoms in total. The third-order valence-electron chi connectivity index (χ3n) is 3.49. The molecule has 0 saturated carbocycles. The van der Waals surface area contributed by atoms with Gasteiger partial charge in [0, 0.05) is 32.7 Å². The van der Waals surface area contributed by atoms with Crippen LogP contribution in [0.4, 0.5) is 0 Å². The van der Waals surface area contributed by atoms with Gasteiger partial charge in [-0.15, -0.1) is 11.3 Å². The number of amides is 1. The molecule has 1 fully saturated rings. The normalized spacial score (nSPS) is 18.3. The van der Waals surface area contributed by atoms with Crippen molar-refractivity contribution in [2.75, 3.05) is 32.7 Å². The van der Waals surface area contributed by atoms with Crippen molar-refractivity contribution < 1.29 is 9.90 Å². The molecule has 1 unspecified atom stereocenters. The molecule has 1 aliphatic rings. The smallest absolute Gasteiger partial charge is 0.256 e. The van der Waals surface area contributed by atoms with Crippen molar-refractivity contribution >= 4 is 40.4 Å². The number of hydrogen-bond acceptors (Lipinski definition) is 4. The molecular formula is C13H18Cl2N2O2S. The molecule has 1 N–H and O–H groups in total. The van der Waals surface area contributed by atoms with E-state index in [-0.39, 0.29) is 12.0 Å². The predicted octanol–water partition coefficient (Wildman–Crippen LogP) is 2.58. The van der Waals surface area contributed by atoms with E-state index in [1.54, 1.807) is 11.0 Å². The van der Waals surface area contributed by atoms with Gasteiger partial charge in [-0.05, 0) is 12.5 Å². The zero-order chi connectivity index (χ0) is 14.7. The number of piperazine rings is 1. The zero-order valence-electron chi connectivity index (χ0n) is 11.3. The summed E-state index contributed by atoms with van der Waals surface area (Å²) < 4.78 is 0.979. The summed E-state index contributed by atoms with van der Waals surface area (Å²) in [6.45, 7) is 5.49.